The molecule has 2 heterocycles. The van der Waals surface area contributed by atoms with Crippen molar-refractivity contribution in [3.05, 3.63) is 66.2 Å². The SMILES string of the molecule is C1=C(c2ccccc2Oc2ccccc2)CC2COCC1N2. The van der Waals surface area contributed by atoms with Crippen LogP contribution in [0.1, 0.15) is 12.0 Å². The molecule has 2 aromatic carbocycles. The third-order valence-electron chi connectivity index (χ3n) is 4.14. The number of hydrogen-bond acceptors (Lipinski definition) is 3. The predicted octanol–water partition coefficient (Wildman–Crippen LogP) is 3.62. The molecule has 112 valence electrons. The normalized spacial score (nSPS) is 23.7. The van der Waals surface area contributed by atoms with E-state index in [2.05, 4.69) is 23.5 Å². The maximum Gasteiger partial charge on any atom is 0.134 e. The molecule has 0 aliphatic carbocycles. The first-order valence-corrected chi connectivity index (χ1v) is 7.75. The van der Waals surface area contributed by atoms with E-state index < -0.39 is 0 Å². The summed E-state index contributed by atoms with van der Waals surface area (Å²) in [5.41, 5.74) is 2.54. The molecular weight excluding hydrogens is 274 g/mol. The molecule has 1 N–H and O–H groups in total. The Labute approximate surface area is 130 Å². The van der Waals surface area contributed by atoms with Crippen LogP contribution in [0.5, 0.6) is 11.5 Å². The first-order valence-electron chi connectivity index (χ1n) is 7.75. The van der Waals surface area contributed by atoms with Crippen LogP contribution >= 0.6 is 0 Å². The van der Waals surface area contributed by atoms with Crippen LogP contribution in [-0.4, -0.2) is 25.3 Å². The highest BCUT2D eigenvalue weighted by molar-refractivity contribution is 5.72. The van der Waals surface area contributed by atoms with Gasteiger partial charge >= 0.3 is 0 Å². The number of fused-ring (bicyclic) bond motifs is 2. The Bertz CT molecular complexity index is 681. The van der Waals surface area contributed by atoms with Crippen molar-refractivity contribution in [2.24, 2.45) is 0 Å². The fourth-order valence-electron chi connectivity index (χ4n) is 3.16. The Hall–Kier alpha value is -2.10. The van der Waals surface area contributed by atoms with Crippen LogP contribution in [0, 0.1) is 0 Å². The highest BCUT2D eigenvalue weighted by Gasteiger charge is 2.27. The summed E-state index contributed by atoms with van der Waals surface area (Å²) in [7, 11) is 0. The summed E-state index contributed by atoms with van der Waals surface area (Å²) < 4.78 is 11.7. The fourth-order valence-corrected chi connectivity index (χ4v) is 3.16. The number of nitrogens with one attached hydrogen (secondary N) is 1. The lowest BCUT2D eigenvalue weighted by molar-refractivity contribution is 0.0561. The van der Waals surface area contributed by atoms with Gasteiger partial charge in [-0.25, -0.2) is 0 Å². The summed E-state index contributed by atoms with van der Waals surface area (Å²) >= 11 is 0. The van der Waals surface area contributed by atoms with E-state index in [0.29, 0.717) is 12.1 Å². The molecular formula is C19H19NO2. The molecule has 2 bridgehead atoms. The van der Waals surface area contributed by atoms with Crippen LogP contribution in [0.15, 0.2) is 60.7 Å². The van der Waals surface area contributed by atoms with Crippen LogP contribution in [0.2, 0.25) is 0 Å². The Kier molecular flexibility index (Phi) is 3.67. The van der Waals surface area contributed by atoms with Gasteiger partial charge in [0.1, 0.15) is 11.5 Å². The van der Waals surface area contributed by atoms with Gasteiger partial charge in [0.2, 0.25) is 0 Å². The first-order chi connectivity index (χ1) is 10.9. The zero-order valence-electron chi connectivity index (χ0n) is 12.4. The highest BCUT2D eigenvalue weighted by Crippen LogP contribution is 2.34. The maximum absolute atomic E-state index is 6.09. The fraction of sp³-hybridized carbons (Fsp3) is 0.263. The van der Waals surface area contributed by atoms with Gasteiger partial charge in [0.25, 0.3) is 0 Å². The molecule has 0 saturated carbocycles. The molecule has 3 nitrogen and oxygen atoms in total. The molecule has 2 atom stereocenters. The summed E-state index contributed by atoms with van der Waals surface area (Å²) in [6.45, 7) is 1.54. The molecule has 2 aliphatic rings. The van der Waals surface area contributed by atoms with Crippen molar-refractivity contribution in [3.63, 3.8) is 0 Å². The van der Waals surface area contributed by atoms with Crippen molar-refractivity contribution < 1.29 is 9.47 Å². The second-order valence-electron chi connectivity index (χ2n) is 5.81. The van der Waals surface area contributed by atoms with E-state index in [9.17, 15) is 0 Å². The maximum atomic E-state index is 6.09. The topological polar surface area (TPSA) is 30.5 Å². The van der Waals surface area contributed by atoms with Crippen molar-refractivity contribution in [3.8, 4) is 11.5 Å². The average molecular weight is 293 g/mol. The van der Waals surface area contributed by atoms with Gasteiger partial charge < -0.3 is 14.8 Å². The molecule has 4 rings (SSSR count). The number of para-hydroxylation sites is 2. The van der Waals surface area contributed by atoms with Gasteiger partial charge in [-0.3, -0.25) is 0 Å². The summed E-state index contributed by atoms with van der Waals surface area (Å²) in [6.07, 6.45) is 3.26. The third kappa shape index (κ3) is 2.78. The van der Waals surface area contributed by atoms with Gasteiger partial charge in [-0.15, -0.1) is 0 Å². The van der Waals surface area contributed by atoms with E-state index >= 15 is 0 Å². The molecule has 1 fully saturated rings. The van der Waals surface area contributed by atoms with Gasteiger partial charge in [0, 0.05) is 17.6 Å². The minimum Gasteiger partial charge on any atom is -0.457 e. The molecule has 2 unspecified atom stereocenters. The number of ether oxygens (including phenoxy) is 2. The van der Waals surface area contributed by atoms with Crippen LogP contribution in [0.4, 0.5) is 0 Å². The van der Waals surface area contributed by atoms with E-state index in [-0.39, 0.29) is 0 Å². The van der Waals surface area contributed by atoms with Gasteiger partial charge in [-0.1, -0.05) is 42.5 Å². The Morgan fingerprint density at radius 1 is 0.955 bits per heavy atom. The van der Waals surface area contributed by atoms with Gasteiger partial charge in [0.05, 0.1) is 13.2 Å². The smallest absolute Gasteiger partial charge is 0.134 e. The van der Waals surface area contributed by atoms with Crippen molar-refractivity contribution in [1.82, 2.24) is 5.32 Å². The van der Waals surface area contributed by atoms with Crippen LogP contribution in [-0.2, 0) is 4.74 Å². The Balaban J connectivity index is 1.66. The number of benzene rings is 2. The van der Waals surface area contributed by atoms with Crippen molar-refractivity contribution in [1.29, 1.82) is 0 Å². The second-order valence-corrected chi connectivity index (χ2v) is 5.81. The Morgan fingerprint density at radius 2 is 1.77 bits per heavy atom. The highest BCUT2D eigenvalue weighted by atomic mass is 16.5. The zero-order chi connectivity index (χ0) is 14.8. The quantitative estimate of drug-likeness (QED) is 0.937. The lowest BCUT2D eigenvalue weighted by Crippen LogP contribution is -2.50. The standard InChI is InChI=1S/C19H19NO2/c1-2-6-17(7-3-1)22-19-9-5-4-8-18(19)14-10-15-12-21-13-16(11-14)20-15/h1-10,15-16,20H,11-13H2. The molecule has 0 radical (unpaired) electrons. The minimum atomic E-state index is 0.312. The van der Waals surface area contributed by atoms with E-state index in [1.54, 1.807) is 0 Å². The summed E-state index contributed by atoms with van der Waals surface area (Å²) in [6, 6.07) is 18.9. The first kappa shape index (κ1) is 13.6. The summed E-state index contributed by atoms with van der Waals surface area (Å²) in [4.78, 5) is 0. The number of morpholine rings is 1. The Morgan fingerprint density at radius 3 is 2.64 bits per heavy atom. The average Bonchev–Trinajstić information content (AvgIpc) is 2.56. The number of hydrogen-bond donors (Lipinski definition) is 1. The molecule has 0 amide bonds. The van der Waals surface area contributed by atoms with Gasteiger partial charge in [0.15, 0.2) is 0 Å². The largest absolute Gasteiger partial charge is 0.457 e. The monoisotopic (exact) mass is 293 g/mol. The second kappa shape index (κ2) is 5.95. The lowest BCUT2D eigenvalue weighted by Gasteiger charge is -2.35. The van der Waals surface area contributed by atoms with E-state index in [1.807, 2.05) is 42.5 Å². The summed E-state index contributed by atoms with van der Waals surface area (Å²) in [5, 5.41) is 3.58. The zero-order valence-corrected chi connectivity index (χ0v) is 12.4. The van der Waals surface area contributed by atoms with Crippen LogP contribution in [0.3, 0.4) is 0 Å². The molecule has 3 heteroatoms. The summed E-state index contributed by atoms with van der Waals surface area (Å²) in [5.74, 6) is 1.79. The van der Waals surface area contributed by atoms with E-state index in [4.69, 9.17) is 9.47 Å². The molecule has 22 heavy (non-hydrogen) atoms. The lowest BCUT2D eigenvalue weighted by atomic mass is 9.91. The molecule has 2 aliphatic heterocycles. The number of rotatable bonds is 3. The van der Waals surface area contributed by atoms with Crippen molar-refractivity contribution in [2.75, 3.05) is 13.2 Å². The molecule has 0 aromatic heterocycles. The minimum absolute atomic E-state index is 0.312. The van der Waals surface area contributed by atoms with Crippen molar-refractivity contribution >= 4 is 5.57 Å². The third-order valence-corrected chi connectivity index (χ3v) is 4.14. The van der Waals surface area contributed by atoms with Gasteiger partial charge in [-0.2, -0.15) is 0 Å². The molecule has 1 saturated heterocycles. The van der Waals surface area contributed by atoms with Gasteiger partial charge in [-0.05, 0) is 30.2 Å². The van der Waals surface area contributed by atoms with Crippen molar-refractivity contribution in [2.45, 2.75) is 18.5 Å². The van der Waals surface area contributed by atoms with E-state index in [1.165, 1.54) is 11.1 Å². The predicted molar refractivity (Wildman–Crippen MR) is 87.1 cm³/mol. The van der Waals surface area contributed by atoms with E-state index in [0.717, 1.165) is 31.1 Å². The van der Waals surface area contributed by atoms with Crippen LogP contribution in [0.25, 0.3) is 5.57 Å². The molecule has 2 aromatic rings. The van der Waals surface area contributed by atoms with Crippen LogP contribution < -0.4 is 10.1 Å². The molecule has 0 spiro atoms.